The maximum Gasteiger partial charge on any atom is 0.255 e. The highest BCUT2D eigenvalue weighted by Crippen LogP contribution is 2.29. The SMILES string of the molecule is O=C(c1ccncc1Br)N1CC[C@H](c2ccc(F)cc2)C1. The molecule has 1 aliphatic heterocycles. The fourth-order valence-corrected chi connectivity index (χ4v) is 3.09. The van der Waals surface area contributed by atoms with E-state index < -0.39 is 0 Å². The van der Waals surface area contributed by atoms with Gasteiger partial charge in [0, 0.05) is 35.9 Å². The topological polar surface area (TPSA) is 33.2 Å². The maximum absolute atomic E-state index is 13.0. The molecule has 1 aliphatic rings. The number of benzene rings is 1. The Morgan fingerprint density at radius 1 is 1.29 bits per heavy atom. The van der Waals surface area contributed by atoms with Crippen molar-refractivity contribution in [2.24, 2.45) is 0 Å². The van der Waals surface area contributed by atoms with Gasteiger partial charge in [0.2, 0.25) is 0 Å². The summed E-state index contributed by atoms with van der Waals surface area (Å²) in [4.78, 5) is 18.3. The van der Waals surface area contributed by atoms with Crippen LogP contribution in [0.2, 0.25) is 0 Å². The second-order valence-corrected chi connectivity index (χ2v) is 6.00. The fourth-order valence-electron chi connectivity index (χ4n) is 2.67. The van der Waals surface area contributed by atoms with Gasteiger partial charge in [0.1, 0.15) is 5.82 Å². The summed E-state index contributed by atoms with van der Waals surface area (Å²) in [5.74, 6) is 0.0504. The summed E-state index contributed by atoms with van der Waals surface area (Å²) in [6.45, 7) is 1.38. The number of carbonyl (C=O) groups excluding carboxylic acids is 1. The molecule has 1 amide bonds. The van der Waals surface area contributed by atoms with Gasteiger partial charge in [-0.2, -0.15) is 0 Å². The molecule has 0 unspecified atom stereocenters. The van der Waals surface area contributed by atoms with Gasteiger partial charge >= 0.3 is 0 Å². The minimum atomic E-state index is -0.231. The average molecular weight is 349 g/mol. The lowest BCUT2D eigenvalue weighted by Gasteiger charge is -2.17. The van der Waals surface area contributed by atoms with Crippen molar-refractivity contribution in [3.8, 4) is 0 Å². The molecular formula is C16H14BrFN2O. The normalized spacial score (nSPS) is 18.0. The zero-order chi connectivity index (χ0) is 14.8. The molecule has 0 saturated carbocycles. The number of rotatable bonds is 2. The Bertz CT molecular complexity index is 660. The van der Waals surface area contributed by atoms with E-state index in [9.17, 15) is 9.18 Å². The number of pyridine rings is 1. The lowest BCUT2D eigenvalue weighted by atomic mass is 9.99. The first-order chi connectivity index (χ1) is 10.1. The minimum absolute atomic E-state index is 0.00823. The Balaban J connectivity index is 1.74. The molecule has 3 rings (SSSR count). The third-order valence-electron chi connectivity index (χ3n) is 3.82. The minimum Gasteiger partial charge on any atom is -0.338 e. The predicted molar refractivity (Wildman–Crippen MR) is 81.6 cm³/mol. The number of aromatic nitrogens is 1. The van der Waals surface area contributed by atoms with Crippen LogP contribution in [0.4, 0.5) is 4.39 Å². The molecule has 1 aromatic heterocycles. The molecule has 0 radical (unpaired) electrons. The summed E-state index contributed by atoms with van der Waals surface area (Å²) in [6, 6.07) is 8.27. The maximum atomic E-state index is 13.0. The van der Waals surface area contributed by atoms with Crippen molar-refractivity contribution in [1.29, 1.82) is 0 Å². The van der Waals surface area contributed by atoms with Crippen LogP contribution in [0.25, 0.3) is 0 Å². The van der Waals surface area contributed by atoms with Crippen molar-refractivity contribution in [2.75, 3.05) is 13.1 Å². The van der Waals surface area contributed by atoms with E-state index in [1.807, 2.05) is 4.90 Å². The first kappa shape index (κ1) is 14.2. The van der Waals surface area contributed by atoms with Gasteiger partial charge in [-0.25, -0.2) is 4.39 Å². The first-order valence-corrected chi connectivity index (χ1v) is 7.58. The monoisotopic (exact) mass is 348 g/mol. The highest BCUT2D eigenvalue weighted by atomic mass is 79.9. The molecule has 108 valence electrons. The number of halogens is 2. The van der Waals surface area contributed by atoms with Crippen molar-refractivity contribution in [3.63, 3.8) is 0 Å². The molecule has 0 N–H and O–H groups in total. The highest BCUT2D eigenvalue weighted by molar-refractivity contribution is 9.10. The lowest BCUT2D eigenvalue weighted by molar-refractivity contribution is 0.0789. The van der Waals surface area contributed by atoms with Gasteiger partial charge in [-0.15, -0.1) is 0 Å². The Morgan fingerprint density at radius 3 is 2.76 bits per heavy atom. The smallest absolute Gasteiger partial charge is 0.255 e. The molecule has 1 saturated heterocycles. The zero-order valence-corrected chi connectivity index (χ0v) is 12.9. The van der Waals surface area contributed by atoms with E-state index in [0.717, 1.165) is 18.5 Å². The molecule has 0 aliphatic carbocycles. The van der Waals surface area contributed by atoms with Gasteiger partial charge in [0.25, 0.3) is 5.91 Å². The van der Waals surface area contributed by atoms with Crippen LogP contribution in [-0.4, -0.2) is 28.9 Å². The molecule has 2 heterocycles. The van der Waals surface area contributed by atoms with E-state index >= 15 is 0 Å². The van der Waals surface area contributed by atoms with Crippen LogP contribution >= 0.6 is 15.9 Å². The summed E-state index contributed by atoms with van der Waals surface area (Å²) in [7, 11) is 0. The van der Waals surface area contributed by atoms with Gasteiger partial charge < -0.3 is 4.90 Å². The molecule has 3 nitrogen and oxygen atoms in total. The van der Waals surface area contributed by atoms with Crippen LogP contribution in [0.15, 0.2) is 47.2 Å². The Kier molecular flexibility index (Phi) is 4.01. The van der Waals surface area contributed by atoms with Gasteiger partial charge in [-0.1, -0.05) is 12.1 Å². The molecule has 0 spiro atoms. The molecule has 1 atom stereocenters. The Morgan fingerprint density at radius 2 is 2.05 bits per heavy atom. The highest BCUT2D eigenvalue weighted by Gasteiger charge is 2.28. The van der Waals surface area contributed by atoms with Crippen LogP contribution in [0, 0.1) is 5.82 Å². The molecule has 21 heavy (non-hydrogen) atoms. The molecular weight excluding hydrogens is 335 g/mol. The molecule has 0 bridgehead atoms. The Labute approximate surface area is 130 Å². The summed E-state index contributed by atoms with van der Waals surface area (Å²) in [5.41, 5.74) is 1.71. The van der Waals surface area contributed by atoms with Crippen molar-refractivity contribution in [2.45, 2.75) is 12.3 Å². The third kappa shape index (κ3) is 2.97. The average Bonchev–Trinajstić information content (AvgIpc) is 2.98. The molecule has 1 aromatic carbocycles. The number of amides is 1. The number of hydrogen-bond acceptors (Lipinski definition) is 2. The summed E-state index contributed by atoms with van der Waals surface area (Å²) in [6.07, 6.45) is 4.15. The van der Waals surface area contributed by atoms with Crippen molar-refractivity contribution in [1.82, 2.24) is 9.88 Å². The van der Waals surface area contributed by atoms with Gasteiger partial charge in [-0.05, 0) is 46.1 Å². The first-order valence-electron chi connectivity index (χ1n) is 6.79. The van der Waals surface area contributed by atoms with Crippen LogP contribution < -0.4 is 0 Å². The summed E-state index contributed by atoms with van der Waals surface area (Å²) >= 11 is 3.36. The van der Waals surface area contributed by atoms with Crippen molar-refractivity contribution < 1.29 is 9.18 Å². The largest absolute Gasteiger partial charge is 0.338 e. The molecule has 2 aromatic rings. The van der Waals surface area contributed by atoms with Gasteiger partial charge in [-0.3, -0.25) is 9.78 Å². The number of likely N-dealkylation sites (tertiary alicyclic amines) is 1. The van der Waals surface area contributed by atoms with E-state index in [1.54, 1.807) is 30.6 Å². The lowest BCUT2D eigenvalue weighted by Crippen LogP contribution is -2.28. The van der Waals surface area contributed by atoms with Crippen LogP contribution in [0.3, 0.4) is 0 Å². The standard InChI is InChI=1S/C16H14BrFN2O/c17-15-9-19-7-5-14(15)16(21)20-8-6-12(10-20)11-1-3-13(18)4-2-11/h1-5,7,9,12H,6,8,10H2/t12-/m0/s1. The second kappa shape index (κ2) is 5.93. The van der Waals surface area contributed by atoms with Crippen LogP contribution in [0.1, 0.15) is 28.3 Å². The zero-order valence-electron chi connectivity index (χ0n) is 11.3. The van der Waals surface area contributed by atoms with E-state index in [0.29, 0.717) is 16.6 Å². The predicted octanol–water partition coefficient (Wildman–Crippen LogP) is 3.61. The van der Waals surface area contributed by atoms with E-state index in [4.69, 9.17) is 0 Å². The number of carbonyl (C=O) groups is 1. The van der Waals surface area contributed by atoms with Gasteiger partial charge in [0.05, 0.1) is 5.56 Å². The quantitative estimate of drug-likeness (QED) is 0.830. The summed E-state index contributed by atoms with van der Waals surface area (Å²) < 4.78 is 13.7. The van der Waals surface area contributed by atoms with Crippen molar-refractivity contribution in [3.05, 3.63) is 64.1 Å². The third-order valence-corrected chi connectivity index (χ3v) is 4.45. The van der Waals surface area contributed by atoms with Crippen molar-refractivity contribution >= 4 is 21.8 Å². The van der Waals surface area contributed by atoms with Crippen LogP contribution in [-0.2, 0) is 0 Å². The summed E-state index contributed by atoms with van der Waals surface area (Å²) in [5, 5.41) is 0. The van der Waals surface area contributed by atoms with Gasteiger partial charge in [0.15, 0.2) is 0 Å². The van der Waals surface area contributed by atoms with E-state index in [1.165, 1.54) is 12.1 Å². The molecule has 5 heteroatoms. The Hall–Kier alpha value is -1.75. The fraction of sp³-hybridized carbons (Fsp3) is 0.250. The van der Waals surface area contributed by atoms with Crippen LogP contribution in [0.5, 0.6) is 0 Å². The second-order valence-electron chi connectivity index (χ2n) is 5.14. The number of nitrogens with zero attached hydrogens (tertiary/aromatic N) is 2. The van der Waals surface area contributed by atoms with E-state index in [-0.39, 0.29) is 17.6 Å². The van der Waals surface area contributed by atoms with E-state index in [2.05, 4.69) is 20.9 Å². The number of hydrogen-bond donors (Lipinski definition) is 0. The molecule has 1 fully saturated rings.